The van der Waals surface area contributed by atoms with Gasteiger partial charge in [-0.1, -0.05) is 13.3 Å². The second-order valence-electron chi connectivity index (χ2n) is 3.28. The van der Waals surface area contributed by atoms with Crippen molar-refractivity contribution in [2.45, 2.75) is 58.3 Å². The van der Waals surface area contributed by atoms with Gasteiger partial charge >= 0.3 is 0 Å². The van der Waals surface area contributed by atoms with Gasteiger partial charge in [0.05, 0.1) is 12.7 Å². The first-order valence-corrected chi connectivity index (χ1v) is 4.95. The Morgan fingerprint density at radius 3 is 2.75 bits per heavy atom. The van der Waals surface area contributed by atoms with E-state index in [1.165, 1.54) is 25.7 Å². The molecule has 0 amide bonds. The maximum atomic E-state index is 5.65. The number of ether oxygens (including phenoxy) is 2. The highest BCUT2D eigenvalue weighted by atomic mass is 16.7. The molecule has 0 aromatic carbocycles. The number of unbranched alkanes of at least 4 members (excludes halogenated alkanes) is 1. The Morgan fingerprint density at radius 1 is 1.50 bits per heavy atom. The van der Waals surface area contributed by atoms with Crippen molar-refractivity contribution >= 4 is 0 Å². The summed E-state index contributed by atoms with van der Waals surface area (Å²) in [6.45, 7) is 5.81. The number of hydrogen-bond acceptors (Lipinski definition) is 2. The predicted molar refractivity (Wildman–Crippen MR) is 48.5 cm³/mol. The summed E-state index contributed by atoms with van der Waals surface area (Å²) in [5.74, 6) is 0. The quantitative estimate of drug-likeness (QED) is 0.548. The Bertz CT molecular complexity index is 110. The minimum Gasteiger partial charge on any atom is -0.349 e. The Kier molecular flexibility index (Phi) is 4.62. The summed E-state index contributed by atoms with van der Waals surface area (Å²) < 4.78 is 11.0. The maximum Gasteiger partial charge on any atom is 0.158 e. The standard InChI is InChI=1S/C10H19O2/c1-3-5-6-10(11-4-2)12-9-7-8-9/h4,9-10H,3,5-8H2,1-2H3. The summed E-state index contributed by atoms with van der Waals surface area (Å²) in [5.41, 5.74) is 0. The predicted octanol–water partition coefficient (Wildman–Crippen LogP) is 2.88. The van der Waals surface area contributed by atoms with Crippen LogP contribution in [0.4, 0.5) is 0 Å². The molecule has 1 saturated carbocycles. The molecule has 0 aliphatic heterocycles. The fourth-order valence-electron chi connectivity index (χ4n) is 1.11. The molecule has 0 saturated heterocycles. The lowest BCUT2D eigenvalue weighted by atomic mass is 10.2. The van der Waals surface area contributed by atoms with Crippen molar-refractivity contribution in [2.75, 3.05) is 0 Å². The fourth-order valence-corrected chi connectivity index (χ4v) is 1.11. The van der Waals surface area contributed by atoms with Crippen molar-refractivity contribution in [2.24, 2.45) is 0 Å². The first-order valence-electron chi connectivity index (χ1n) is 4.95. The highest BCUT2D eigenvalue weighted by molar-refractivity contribution is 4.74. The molecule has 1 aliphatic carbocycles. The summed E-state index contributed by atoms with van der Waals surface area (Å²) in [4.78, 5) is 0. The van der Waals surface area contributed by atoms with Gasteiger partial charge in [-0.05, 0) is 32.6 Å². The monoisotopic (exact) mass is 171 g/mol. The Hall–Kier alpha value is -0.0800. The highest BCUT2D eigenvalue weighted by Gasteiger charge is 2.26. The van der Waals surface area contributed by atoms with E-state index in [9.17, 15) is 0 Å². The molecule has 1 fully saturated rings. The average Bonchev–Trinajstić information content (AvgIpc) is 2.84. The van der Waals surface area contributed by atoms with Crippen LogP contribution >= 0.6 is 0 Å². The molecule has 71 valence electrons. The van der Waals surface area contributed by atoms with Gasteiger partial charge < -0.3 is 9.47 Å². The summed E-state index contributed by atoms with van der Waals surface area (Å²) in [5, 5.41) is 0. The van der Waals surface area contributed by atoms with Crippen LogP contribution in [0.5, 0.6) is 0 Å². The van der Waals surface area contributed by atoms with Gasteiger partial charge in [-0.3, -0.25) is 0 Å². The van der Waals surface area contributed by atoms with Crippen molar-refractivity contribution in [1.29, 1.82) is 0 Å². The van der Waals surface area contributed by atoms with Crippen LogP contribution < -0.4 is 0 Å². The molecule has 0 aromatic rings. The van der Waals surface area contributed by atoms with E-state index >= 15 is 0 Å². The first kappa shape index (κ1) is 10.0. The minimum absolute atomic E-state index is 0.0162. The third kappa shape index (κ3) is 4.07. The molecule has 0 heterocycles. The van der Waals surface area contributed by atoms with Crippen LogP contribution in [0.25, 0.3) is 0 Å². The molecule has 0 spiro atoms. The van der Waals surface area contributed by atoms with E-state index in [0.29, 0.717) is 6.10 Å². The summed E-state index contributed by atoms with van der Waals surface area (Å²) in [6.07, 6.45) is 6.36. The zero-order chi connectivity index (χ0) is 8.81. The third-order valence-corrected chi connectivity index (χ3v) is 1.95. The molecule has 1 atom stereocenters. The van der Waals surface area contributed by atoms with Gasteiger partial charge in [0.2, 0.25) is 0 Å². The van der Waals surface area contributed by atoms with Gasteiger partial charge in [-0.15, -0.1) is 0 Å². The van der Waals surface area contributed by atoms with E-state index in [-0.39, 0.29) is 6.29 Å². The van der Waals surface area contributed by atoms with Crippen molar-refractivity contribution in [1.82, 2.24) is 0 Å². The van der Waals surface area contributed by atoms with E-state index in [1.807, 2.05) is 6.92 Å². The van der Waals surface area contributed by atoms with Crippen molar-refractivity contribution in [3.63, 3.8) is 0 Å². The molecule has 1 unspecified atom stereocenters. The molecule has 2 heteroatoms. The lowest BCUT2D eigenvalue weighted by Gasteiger charge is -2.16. The van der Waals surface area contributed by atoms with Crippen molar-refractivity contribution < 1.29 is 9.47 Å². The van der Waals surface area contributed by atoms with Crippen LogP contribution in [-0.2, 0) is 9.47 Å². The molecule has 0 aromatic heterocycles. The lowest BCUT2D eigenvalue weighted by Crippen LogP contribution is -2.16. The molecular weight excluding hydrogens is 152 g/mol. The summed E-state index contributed by atoms with van der Waals surface area (Å²) >= 11 is 0. The van der Waals surface area contributed by atoms with Crippen LogP contribution in [0.3, 0.4) is 0 Å². The topological polar surface area (TPSA) is 18.5 Å². The molecule has 0 bridgehead atoms. The van der Waals surface area contributed by atoms with Gasteiger partial charge in [-0.2, -0.15) is 0 Å². The summed E-state index contributed by atoms with van der Waals surface area (Å²) in [7, 11) is 0. The first-order chi connectivity index (χ1) is 5.86. The van der Waals surface area contributed by atoms with E-state index in [0.717, 1.165) is 6.42 Å². The molecule has 0 N–H and O–H groups in total. The Labute approximate surface area is 75.2 Å². The van der Waals surface area contributed by atoms with Crippen molar-refractivity contribution in [3.05, 3.63) is 6.61 Å². The smallest absolute Gasteiger partial charge is 0.158 e. The van der Waals surface area contributed by atoms with Gasteiger partial charge in [0.1, 0.15) is 0 Å². The fraction of sp³-hybridized carbons (Fsp3) is 0.900. The highest BCUT2D eigenvalue weighted by Crippen LogP contribution is 2.26. The maximum absolute atomic E-state index is 5.65. The largest absolute Gasteiger partial charge is 0.349 e. The van der Waals surface area contributed by atoms with E-state index < -0.39 is 0 Å². The normalized spacial score (nSPS) is 19.5. The second-order valence-corrected chi connectivity index (χ2v) is 3.28. The molecule has 12 heavy (non-hydrogen) atoms. The zero-order valence-electron chi connectivity index (χ0n) is 8.08. The van der Waals surface area contributed by atoms with Crippen LogP contribution in [0, 0.1) is 6.61 Å². The lowest BCUT2D eigenvalue weighted by molar-refractivity contribution is -0.131. The second kappa shape index (κ2) is 5.55. The molecule has 2 nitrogen and oxygen atoms in total. The van der Waals surface area contributed by atoms with Gasteiger partial charge in [-0.25, -0.2) is 0 Å². The molecule has 1 radical (unpaired) electrons. The zero-order valence-corrected chi connectivity index (χ0v) is 8.08. The van der Waals surface area contributed by atoms with Crippen LogP contribution in [-0.4, -0.2) is 12.4 Å². The van der Waals surface area contributed by atoms with E-state index in [4.69, 9.17) is 9.47 Å². The number of hydrogen-bond donors (Lipinski definition) is 0. The minimum atomic E-state index is 0.0162. The van der Waals surface area contributed by atoms with Crippen LogP contribution in [0.15, 0.2) is 0 Å². The average molecular weight is 171 g/mol. The molecule has 1 aliphatic rings. The Morgan fingerprint density at radius 2 is 2.25 bits per heavy atom. The van der Waals surface area contributed by atoms with E-state index in [1.54, 1.807) is 6.61 Å². The van der Waals surface area contributed by atoms with Gasteiger partial charge in [0.15, 0.2) is 6.29 Å². The SMILES string of the molecule is C[CH]OC(CCCC)OC1CC1. The van der Waals surface area contributed by atoms with E-state index in [2.05, 4.69) is 6.92 Å². The van der Waals surface area contributed by atoms with Gasteiger partial charge in [0.25, 0.3) is 0 Å². The third-order valence-electron chi connectivity index (χ3n) is 1.95. The molecular formula is C10H19O2. The van der Waals surface area contributed by atoms with Crippen LogP contribution in [0.2, 0.25) is 0 Å². The van der Waals surface area contributed by atoms with Gasteiger partial charge in [0, 0.05) is 0 Å². The van der Waals surface area contributed by atoms with Crippen molar-refractivity contribution in [3.8, 4) is 0 Å². The molecule has 1 rings (SSSR count). The number of rotatable bonds is 7. The Balaban J connectivity index is 2.07. The van der Waals surface area contributed by atoms with Crippen LogP contribution in [0.1, 0.15) is 46.0 Å². The summed E-state index contributed by atoms with van der Waals surface area (Å²) in [6, 6.07) is 0.